The van der Waals surface area contributed by atoms with E-state index in [0.717, 1.165) is 5.56 Å². The second-order valence-electron chi connectivity index (χ2n) is 4.13. The highest BCUT2D eigenvalue weighted by Gasteiger charge is 2.13. The van der Waals surface area contributed by atoms with Crippen LogP contribution in [0.25, 0.3) is 0 Å². The lowest BCUT2D eigenvalue weighted by Gasteiger charge is -2.17. The molecule has 0 radical (unpaired) electrons. The van der Waals surface area contributed by atoms with Crippen LogP contribution in [0.1, 0.15) is 19.4 Å². The molecule has 0 bridgehead atoms. The Balaban J connectivity index is 2.77. The second kappa shape index (κ2) is 6.78. The lowest BCUT2D eigenvalue weighted by atomic mass is 10.1. The SMILES string of the molecule is COc1ccc(CCN(C(C)=O)C(C)=O)cc1OC. The molecule has 5 heteroatoms. The van der Waals surface area contributed by atoms with Gasteiger partial charge in [0.05, 0.1) is 14.2 Å². The molecule has 0 aromatic heterocycles. The molecular formula is C14H19NO4. The van der Waals surface area contributed by atoms with Crippen molar-refractivity contribution < 1.29 is 19.1 Å². The first kappa shape index (κ1) is 15.0. The lowest BCUT2D eigenvalue weighted by Crippen LogP contribution is -2.34. The molecule has 104 valence electrons. The lowest BCUT2D eigenvalue weighted by molar-refractivity contribution is -0.141. The molecule has 1 rings (SSSR count). The van der Waals surface area contributed by atoms with E-state index in [1.54, 1.807) is 20.3 Å². The van der Waals surface area contributed by atoms with Gasteiger partial charge in [-0.15, -0.1) is 0 Å². The van der Waals surface area contributed by atoms with Crippen molar-refractivity contribution in [2.45, 2.75) is 20.3 Å². The third-order valence-electron chi connectivity index (χ3n) is 2.83. The van der Waals surface area contributed by atoms with Gasteiger partial charge in [0.15, 0.2) is 11.5 Å². The monoisotopic (exact) mass is 265 g/mol. The number of nitrogens with zero attached hydrogens (tertiary/aromatic N) is 1. The molecule has 19 heavy (non-hydrogen) atoms. The Morgan fingerprint density at radius 2 is 1.63 bits per heavy atom. The Bertz CT molecular complexity index is 457. The minimum Gasteiger partial charge on any atom is -0.493 e. The van der Waals surface area contributed by atoms with E-state index < -0.39 is 0 Å². The number of imide groups is 1. The van der Waals surface area contributed by atoms with Crippen molar-refractivity contribution in [3.8, 4) is 11.5 Å². The van der Waals surface area contributed by atoms with E-state index in [1.165, 1.54) is 18.7 Å². The summed E-state index contributed by atoms with van der Waals surface area (Å²) in [6.07, 6.45) is 0.583. The van der Waals surface area contributed by atoms with E-state index >= 15 is 0 Å². The highest BCUT2D eigenvalue weighted by Crippen LogP contribution is 2.27. The van der Waals surface area contributed by atoms with E-state index in [-0.39, 0.29) is 11.8 Å². The number of carbonyl (C=O) groups is 2. The van der Waals surface area contributed by atoms with Crippen molar-refractivity contribution in [3.05, 3.63) is 23.8 Å². The van der Waals surface area contributed by atoms with Gasteiger partial charge in [0.2, 0.25) is 11.8 Å². The standard InChI is InChI=1S/C14H19NO4/c1-10(16)15(11(2)17)8-7-12-5-6-13(18-3)14(9-12)19-4/h5-6,9H,7-8H2,1-4H3. The summed E-state index contributed by atoms with van der Waals surface area (Å²) in [5.74, 6) is 0.805. The molecule has 2 amide bonds. The smallest absolute Gasteiger partial charge is 0.226 e. The molecule has 0 fully saturated rings. The summed E-state index contributed by atoms with van der Waals surface area (Å²) in [5.41, 5.74) is 0.977. The molecule has 0 aliphatic carbocycles. The van der Waals surface area contributed by atoms with Crippen molar-refractivity contribution >= 4 is 11.8 Å². The minimum absolute atomic E-state index is 0.243. The van der Waals surface area contributed by atoms with Gasteiger partial charge >= 0.3 is 0 Å². The average molecular weight is 265 g/mol. The Kier molecular flexibility index (Phi) is 5.36. The zero-order valence-corrected chi connectivity index (χ0v) is 11.7. The fourth-order valence-electron chi connectivity index (χ4n) is 1.81. The molecule has 0 heterocycles. The summed E-state index contributed by atoms with van der Waals surface area (Å²) in [6.45, 7) is 3.13. The maximum absolute atomic E-state index is 11.3. The first-order valence-electron chi connectivity index (χ1n) is 5.99. The predicted molar refractivity (Wildman–Crippen MR) is 71.3 cm³/mol. The summed E-state index contributed by atoms with van der Waals surface area (Å²) in [6, 6.07) is 5.54. The number of benzene rings is 1. The Morgan fingerprint density at radius 1 is 1.05 bits per heavy atom. The molecule has 1 aromatic carbocycles. The van der Waals surface area contributed by atoms with Crippen LogP contribution in [0.3, 0.4) is 0 Å². The van der Waals surface area contributed by atoms with Crippen LogP contribution >= 0.6 is 0 Å². The first-order valence-corrected chi connectivity index (χ1v) is 5.99. The van der Waals surface area contributed by atoms with E-state index in [2.05, 4.69) is 0 Å². The molecule has 1 aromatic rings. The quantitative estimate of drug-likeness (QED) is 0.812. The number of hydrogen-bond donors (Lipinski definition) is 0. The van der Waals surface area contributed by atoms with E-state index in [0.29, 0.717) is 24.5 Å². The number of methoxy groups -OCH3 is 2. The van der Waals surface area contributed by atoms with Crippen molar-refractivity contribution in [2.75, 3.05) is 20.8 Å². The van der Waals surface area contributed by atoms with Crippen LogP contribution in [0.2, 0.25) is 0 Å². The van der Waals surface area contributed by atoms with Gasteiger partial charge < -0.3 is 9.47 Å². The van der Waals surface area contributed by atoms with Gasteiger partial charge in [-0.05, 0) is 24.1 Å². The van der Waals surface area contributed by atoms with E-state index in [9.17, 15) is 9.59 Å². The summed E-state index contributed by atoms with van der Waals surface area (Å²) < 4.78 is 10.4. The van der Waals surface area contributed by atoms with Crippen LogP contribution in [0.5, 0.6) is 11.5 Å². The largest absolute Gasteiger partial charge is 0.493 e. The van der Waals surface area contributed by atoms with Gasteiger partial charge in [0.25, 0.3) is 0 Å². The first-order chi connectivity index (χ1) is 8.99. The number of amides is 2. The molecule has 0 aliphatic heterocycles. The number of ether oxygens (including phenoxy) is 2. The zero-order valence-electron chi connectivity index (χ0n) is 11.7. The summed E-state index contributed by atoms with van der Waals surface area (Å²) in [5, 5.41) is 0. The highest BCUT2D eigenvalue weighted by molar-refractivity contribution is 5.92. The summed E-state index contributed by atoms with van der Waals surface area (Å²) in [4.78, 5) is 23.8. The molecule has 0 N–H and O–H groups in total. The number of hydrogen-bond acceptors (Lipinski definition) is 4. The van der Waals surface area contributed by atoms with Crippen LogP contribution in [0, 0.1) is 0 Å². The maximum Gasteiger partial charge on any atom is 0.226 e. The molecule has 0 atom stereocenters. The minimum atomic E-state index is -0.243. The molecule has 0 aliphatic rings. The fraction of sp³-hybridized carbons (Fsp3) is 0.429. The fourth-order valence-corrected chi connectivity index (χ4v) is 1.81. The van der Waals surface area contributed by atoms with Gasteiger partial charge in [-0.1, -0.05) is 6.07 Å². The predicted octanol–water partition coefficient (Wildman–Crippen LogP) is 1.64. The molecule has 0 unspecified atom stereocenters. The van der Waals surface area contributed by atoms with Gasteiger partial charge in [0.1, 0.15) is 0 Å². The van der Waals surface area contributed by atoms with Crippen LogP contribution < -0.4 is 9.47 Å². The number of rotatable bonds is 5. The average Bonchev–Trinajstić information content (AvgIpc) is 2.37. The van der Waals surface area contributed by atoms with Gasteiger partial charge in [-0.25, -0.2) is 0 Å². The molecule has 0 saturated carbocycles. The Labute approximate surface area is 113 Å². The van der Waals surface area contributed by atoms with E-state index in [4.69, 9.17) is 9.47 Å². The van der Waals surface area contributed by atoms with Gasteiger partial charge in [-0.2, -0.15) is 0 Å². The van der Waals surface area contributed by atoms with Crippen molar-refractivity contribution in [1.29, 1.82) is 0 Å². The van der Waals surface area contributed by atoms with Crippen LogP contribution in [0.15, 0.2) is 18.2 Å². The Hall–Kier alpha value is -2.04. The molecule has 0 spiro atoms. The molecule has 0 saturated heterocycles. The van der Waals surface area contributed by atoms with E-state index in [1.807, 2.05) is 12.1 Å². The third kappa shape index (κ3) is 3.98. The Morgan fingerprint density at radius 3 is 2.11 bits per heavy atom. The number of carbonyl (C=O) groups excluding carboxylic acids is 2. The van der Waals surface area contributed by atoms with Crippen LogP contribution in [-0.4, -0.2) is 37.5 Å². The molecular weight excluding hydrogens is 246 g/mol. The molecule has 5 nitrogen and oxygen atoms in total. The maximum atomic E-state index is 11.3. The second-order valence-corrected chi connectivity index (χ2v) is 4.13. The van der Waals surface area contributed by atoms with Gasteiger partial charge in [0, 0.05) is 20.4 Å². The topological polar surface area (TPSA) is 55.8 Å². The highest BCUT2D eigenvalue weighted by atomic mass is 16.5. The third-order valence-corrected chi connectivity index (χ3v) is 2.83. The summed E-state index contributed by atoms with van der Waals surface area (Å²) in [7, 11) is 3.14. The summed E-state index contributed by atoms with van der Waals surface area (Å²) >= 11 is 0. The van der Waals surface area contributed by atoms with Crippen molar-refractivity contribution in [2.24, 2.45) is 0 Å². The van der Waals surface area contributed by atoms with Crippen LogP contribution in [-0.2, 0) is 16.0 Å². The van der Waals surface area contributed by atoms with Gasteiger partial charge in [-0.3, -0.25) is 14.5 Å². The van der Waals surface area contributed by atoms with Crippen LogP contribution in [0.4, 0.5) is 0 Å². The zero-order chi connectivity index (χ0) is 14.4. The van der Waals surface area contributed by atoms with Crippen molar-refractivity contribution in [3.63, 3.8) is 0 Å². The normalized spacial score (nSPS) is 9.89. The van der Waals surface area contributed by atoms with Crippen molar-refractivity contribution in [1.82, 2.24) is 4.90 Å².